The van der Waals surface area contributed by atoms with Crippen molar-refractivity contribution < 1.29 is 13.2 Å². The van der Waals surface area contributed by atoms with Crippen LogP contribution in [0.1, 0.15) is 30.5 Å². The van der Waals surface area contributed by atoms with Gasteiger partial charge in [0.1, 0.15) is 11.9 Å². The zero-order chi connectivity index (χ0) is 21.6. The fourth-order valence-electron chi connectivity index (χ4n) is 3.36. The normalized spacial score (nSPS) is 16.3. The molecule has 8 heteroatoms. The van der Waals surface area contributed by atoms with Crippen LogP contribution in [0, 0.1) is 0 Å². The molecule has 3 rings (SSSR count). The highest BCUT2D eigenvalue weighted by Crippen LogP contribution is 2.27. The second-order valence-corrected chi connectivity index (χ2v) is 9.46. The highest BCUT2D eigenvalue weighted by Gasteiger charge is 2.22. The molecule has 0 radical (unpaired) electrons. The number of rotatable bonds is 8. The van der Waals surface area contributed by atoms with E-state index in [0.29, 0.717) is 19.0 Å². The molecule has 2 aromatic rings. The fraction of sp³-hybridized carbons (Fsp3) is 0.409. The Labute approximate surface area is 179 Å². The summed E-state index contributed by atoms with van der Waals surface area (Å²) in [5, 5.41) is 6.58. The molecule has 0 saturated carbocycles. The van der Waals surface area contributed by atoms with Crippen molar-refractivity contribution in [1.29, 1.82) is 0 Å². The lowest BCUT2D eigenvalue weighted by Gasteiger charge is -2.16. The zero-order valence-electron chi connectivity index (χ0n) is 17.7. The van der Waals surface area contributed by atoms with Crippen LogP contribution >= 0.6 is 0 Å². The summed E-state index contributed by atoms with van der Waals surface area (Å²) in [6.07, 6.45) is 0.970. The number of aliphatic imine (C=N–C) groups is 1. The zero-order valence-corrected chi connectivity index (χ0v) is 18.5. The maximum absolute atomic E-state index is 12.0. The minimum Gasteiger partial charge on any atom is -0.488 e. The third-order valence-electron chi connectivity index (χ3n) is 4.69. The van der Waals surface area contributed by atoms with E-state index in [0.717, 1.165) is 23.3 Å². The van der Waals surface area contributed by atoms with Gasteiger partial charge in [0.15, 0.2) is 5.96 Å². The minimum atomic E-state index is -3.32. The first-order chi connectivity index (χ1) is 14.3. The van der Waals surface area contributed by atoms with Crippen molar-refractivity contribution in [3.05, 3.63) is 65.2 Å². The van der Waals surface area contributed by atoms with Crippen molar-refractivity contribution in [3.8, 4) is 5.75 Å². The molecule has 7 nitrogen and oxygen atoms in total. The van der Waals surface area contributed by atoms with Gasteiger partial charge in [-0.3, -0.25) is 4.99 Å². The van der Waals surface area contributed by atoms with Crippen LogP contribution in [0.15, 0.2) is 53.5 Å². The van der Waals surface area contributed by atoms with Crippen LogP contribution in [-0.2, 0) is 28.7 Å². The first kappa shape index (κ1) is 22.1. The Bertz CT molecular complexity index is 947. The molecular formula is C22H30N4O3S. The molecule has 0 fully saturated rings. The van der Waals surface area contributed by atoms with Crippen molar-refractivity contribution in [3.63, 3.8) is 0 Å². The average Bonchev–Trinajstić information content (AvgIpc) is 3.11. The Kier molecular flexibility index (Phi) is 7.33. The van der Waals surface area contributed by atoms with Gasteiger partial charge >= 0.3 is 0 Å². The van der Waals surface area contributed by atoms with Gasteiger partial charge in [-0.15, -0.1) is 0 Å². The third-order valence-corrected chi connectivity index (χ3v) is 6.23. The van der Waals surface area contributed by atoms with Gasteiger partial charge in [-0.1, -0.05) is 42.5 Å². The van der Waals surface area contributed by atoms with Crippen molar-refractivity contribution >= 4 is 16.0 Å². The Morgan fingerprint density at radius 1 is 1.10 bits per heavy atom. The fourth-order valence-corrected chi connectivity index (χ4v) is 4.79. The first-order valence-electron chi connectivity index (χ1n) is 10.1. The highest BCUT2D eigenvalue weighted by molar-refractivity contribution is 7.88. The molecule has 2 aromatic carbocycles. The molecule has 0 bridgehead atoms. The van der Waals surface area contributed by atoms with Crippen LogP contribution < -0.4 is 20.1 Å². The standard InChI is InChI=1S/C22H30N4O3S/c1-16(2)26-30(27,28)15-18-10-8-17(9-11-18)13-24-22(23-3)25-14-20-12-19-6-4-5-7-21(19)29-20/h4-11,16,20,26H,12-15H2,1-3H3,(H2,23,24,25). The summed E-state index contributed by atoms with van der Waals surface area (Å²) >= 11 is 0. The summed E-state index contributed by atoms with van der Waals surface area (Å²) < 4.78 is 32.6. The number of sulfonamides is 1. The van der Waals surface area contributed by atoms with Gasteiger partial charge in [0.2, 0.25) is 10.0 Å². The lowest BCUT2D eigenvalue weighted by Crippen LogP contribution is -2.41. The quantitative estimate of drug-likeness (QED) is 0.441. The molecule has 3 N–H and O–H groups in total. The largest absolute Gasteiger partial charge is 0.488 e. The molecule has 0 saturated heterocycles. The number of nitrogens with zero attached hydrogens (tertiary/aromatic N) is 1. The number of hydrogen-bond acceptors (Lipinski definition) is 4. The van der Waals surface area contributed by atoms with Crippen molar-refractivity contribution in [2.24, 2.45) is 4.99 Å². The molecule has 1 heterocycles. The van der Waals surface area contributed by atoms with E-state index in [1.165, 1.54) is 5.56 Å². The summed E-state index contributed by atoms with van der Waals surface area (Å²) in [7, 11) is -1.59. The van der Waals surface area contributed by atoms with E-state index < -0.39 is 10.0 Å². The van der Waals surface area contributed by atoms with E-state index in [1.807, 2.05) is 56.3 Å². The monoisotopic (exact) mass is 430 g/mol. The predicted molar refractivity (Wildman–Crippen MR) is 120 cm³/mol. The van der Waals surface area contributed by atoms with Crippen LogP contribution in [0.4, 0.5) is 0 Å². The van der Waals surface area contributed by atoms with Gasteiger partial charge in [0, 0.05) is 26.1 Å². The average molecular weight is 431 g/mol. The molecule has 0 aliphatic carbocycles. The minimum absolute atomic E-state index is 0.0219. The summed E-state index contributed by atoms with van der Waals surface area (Å²) in [4.78, 5) is 4.26. The summed E-state index contributed by atoms with van der Waals surface area (Å²) in [5.74, 6) is 1.63. The number of ether oxygens (including phenoxy) is 1. The molecule has 0 spiro atoms. The lowest BCUT2D eigenvalue weighted by atomic mass is 10.1. The number of fused-ring (bicyclic) bond motifs is 1. The van der Waals surface area contributed by atoms with Crippen molar-refractivity contribution in [2.75, 3.05) is 13.6 Å². The van der Waals surface area contributed by atoms with Gasteiger partial charge in [-0.05, 0) is 36.6 Å². The number of nitrogens with one attached hydrogen (secondary N) is 3. The third kappa shape index (κ3) is 6.47. The number of para-hydroxylation sites is 1. The second-order valence-electron chi connectivity index (χ2n) is 7.71. The molecule has 1 aliphatic rings. The van der Waals surface area contributed by atoms with E-state index >= 15 is 0 Å². The Balaban J connectivity index is 1.45. The second kappa shape index (κ2) is 9.95. The molecule has 0 aromatic heterocycles. The number of benzene rings is 2. The predicted octanol–water partition coefficient (Wildman–Crippen LogP) is 2.18. The molecule has 1 aliphatic heterocycles. The number of hydrogen-bond donors (Lipinski definition) is 3. The van der Waals surface area contributed by atoms with Crippen LogP contribution in [0.3, 0.4) is 0 Å². The molecule has 1 atom stereocenters. The van der Waals surface area contributed by atoms with Crippen LogP contribution in [0.2, 0.25) is 0 Å². The van der Waals surface area contributed by atoms with E-state index in [4.69, 9.17) is 4.74 Å². The number of guanidine groups is 1. The van der Waals surface area contributed by atoms with Gasteiger partial charge < -0.3 is 15.4 Å². The van der Waals surface area contributed by atoms with Crippen LogP contribution in [0.25, 0.3) is 0 Å². The Morgan fingerprint density at radius 3 is 2.47 bits per heavy atom. The molecule has 1 unspecified atom stereocenters. The molecule has 30 heavy (non-hydrogen) atoms. The summed E-state index contributed by atoms with van der Waals surface area (Å²) in [5.41, 5.74) is 3.03. The maximum Gasteiger partial charge on any atom is 0.216 e. The van der Waals surface area contributed by atoms with Gasteiger partial charge in [-0.2, -0.15) is 0 Å². The smallest absolute Gasteiger partial charge is 0.216 e. The Hall–Kier alpha value is -2.58. The van der Waals surface area contributed by atoms with E-state index in [-0.39, 0.29) is 17.9 Å². The Morgan fingerprint density at radius 2 is 1.80 bits per heavy atom. The highest BCUT2D eigenvalue weighted by atomic mass is 32.2. The van der Waals surface area contributed by atoms with Crippen molar-refractivity contribution in [2.45, 2.75) is 44.7 Å². The summed E-state index contributed by atoms with van der Waals surface area (Å²) in [6, 6.07) is 15.5. The van der Waals surface area contributed by atoms with Gasteiger partial charge in [0.25, 0.3) is 0 Å². The van der Waals surface area contributed by atoms with Crippen LogP contribution in [0.5, 0.6) is 5.75 Å². The SMILES string of the molecule is CN=C(NCc1ccc(CS(=O)(=O)NC(C)C)cc1)NCC1Cc2ccccc2O1. The molecule has 0 amide bonds. The maximum atomic E-state index is 12.0. The summed E-state index contributed by atoms with van der Waals surface area (Å²) in [6.45, 7) is 4.87. The van der Waals surface area contributed by atoms with Gasteiger partial charge in [0.05, 0.1) is 12.3 Å². The van der Waals surface area contributed by atoms with E-state index in [1.54, 1.807) is 7.05 Å². The molecule has 162 valence electrons. The lowest BCUT2D eigenvalue weighted by molar-refractivity contribution is 0.235. The van der Waals surface area contributed by atoms with E-state index in [9.17, 15) is 8.42 Å². The van der Waals surface area contributed by atoms with Crippen LogP contribution in [-0.4, -0.2) is 40.1 Å². The van der Waals surface area contributed by atoms with E-state index in [2.05, 4.69) is 26.4 Å². The molecular weight excluding hydrogens is 400 g/mol. The van der Waals surface area contributed by atoms with Gasteiger partial charge in [-0.25, -0.2) is 13.1 Å². The topological polar surface area (TPSA) is 91.8 Å². The van der Waals surface area contributed by atoms with Crippen molar-refractivity contribution in [1.82, 2.24) is 15.4 Å². The first-order valence-corrected chi connectivity index (χ1v) is 11.8.